The standard InChI is InChI=1S/C7H6N2.ClH/c1-2-4-7-6(3-1)5-8-9-7;/h1-5H,(H,8,9);1H/i/hD. The average Bonchev–Trinajstić information content (AvgIpc) is 2.27. The van der Waals surface area contributed by atoms with Gasteiger partial charge in [-0.2, -0.15) is 5.10 Å². The van der Waals surface area contributed by atoms with Crippen molar-refractivity contribution in [3.63, 3.8) is 0 Å². The third-order valence-electron chi connectivity index (χ3n) is 1.30. The zero-order valence-corrected chi connectivity index (χ0v) is 6.01. The van der Waals surface area contributed by atoms with Crippen molar-refractivity contribution >= 4 is 23.3 Å². The van der Waals surface area contributed by atoms with Crippen LogP contribution in [0.2, 0.25) is 1.41 Å². The van der Waals surface area contributed by atoms with Crippen LogP contribution in [0.5, 0.6) is 0 Å². The molecular formula is C7H7ClN2. The summed E-state index contributed by atoms with van der Waals surface area (Å²) >= 11 is 0. The molecule has 1 aromatic heterocycles. The SMILES string of the molecule is Cl.[2H]n1cc2ccccc2n1. The maximum atomic E-state index is 7.13. The van der Waals surface area contributed by atoms with E-state index in [0.717, 1.165) is 16.0 Å². The molecule has 0 saturated carbocycles. The van der Waals surface area contributed by atoms with Gasteiger partial charge in [-0.15, -0.1) is 12.4 Å². The Kier molecular flexibility index (Phi) is 1.56. The van der Waals surface area contributed by atoms with E-state index >= 15 is 0 Å². The molecular weight excluding hydrogens is 148 g/mol. The highest BCUT2D eigenvalue weighted by Gasteiger charge is 1.88. The molecule has 0 aliphatic carbocycles. The summed E-state index contributed by atoms with van der Waals surface area (Å²) in [5, 5.41) is 5.98. The lowest BCUT2D eigenvalue weighted by Crippen LogP contribution is -1.63. The number of H-pyrrole nitrogens is 1. The number of rotatable bonds is 0. The Morgan fingerprint density at radius 3 is 3.00 bits per heavy atom. The molecule has 1 aromatic carbocycles. The summed E-state index contributed by atoms with van der Waals surface area (Å²) in [7, 11) is 0. The van der Waals surface area contributed by atoms with Crippen molar-refractivity contribution in [3.05, 3.63) is 30.5 Å². The molecule has 0 spiro atoms. The number of nitrogens with one attached hydrogen (secondary N) is 1. The minimum atomic E-state index is 0. The highest BCUT2D eigenvalue weighted by molar-refractivity contribution is 5.85. The maximum Gasteiger partial charge on any atom is 0.189 e. The lowest BCUT2D eigenvalue weighted by molar-refractivity contribution is 1.12. The second kappa shape index (κ2) is 2.71. The van der Waals surface area contributed by atoms with E-state index in [1.165, 1.54) is 0 Å². The van der Waals surface area contributed by atoms with Crippen molar-refractivity contribution < 1.29 is 1.41 Å². The predicted molar refractivity (Wildman–Crippen MR) is 43.3 cm³/mol. The Bertz CT molecular complexity index is 325. The van der Waals surface area contributed by atoms with Gasteiger partial charge in [-0.05, 0) is 6.07 Å². The van der Waals surface area contributed by atoms with Crippen LogP contribution in [0, 0.1) is 0 Å². The molecule has 3 heteroatoms. The molecule has 0 aliphatic rings. The van der Waals surface area contributed by atoms with Crippen LogP contribution in [0.25, 0.3) is 10.9 Å². The topological polar surface area (TPSA) is 28.7 Å². The number of benzene rings is 1. The van der Waals surface area contributed by atoms with Gasteiger partial charge in [-0.25, -0.2) is 0 Å². The van der Waals surface area contributed by atoms with Crippen LogP contribution in [0.15, 0.2) is 30.5 Å². The molecule has 1 heterocycles. The van der Waals surface area contributed by atoms with Gasteiger partial charge >= 0.3 is 0 Å². The molecule has 2 aromatic rings. The summed E-state index contributed by atoms with van der Waals surface area (Å²) in [5.41, 5.74) is 0.873. The highest BCUT2D eigenvalue weighted by Crippen LogP contribution is 2.06. The van der Waals surface area contributed by atoms with Gasteiger partial charge in [-0.3, -0.25) is 5.09 Å². The van der Waals surface area contributed by atoms with Crippen LogP contribution >= 0.6 is 12.4 Å². The molecule has 10 heavy (non-hydrogen) atoms. The molecule has 0 saturated heterocycles. The van der Waals surface area contributed by atoms with Gasteiger partial charge in [0.05, 0.1) is 5.52 Å². The van der Waals surface area contributed by atoms with Crippen molar-refractivity contribution in [1.82, 2.24) is 10.2 Å². The predicted octanol–water partition coefficient (Wildman–Crippen LogP) is 1.98. The van der Waals surface area contributed by atoms with Gasteiger partial charge in [-0.1, -0.05) is 18.2 Å². The second-order valence-electron chi connectivity index (χ2n) is 1.90. The number of hydrogen-bond acceptors (Lipinski definition) is 1. The quantitative estimate of drug-likeness (QED) is 0.619. The number of fused-ring (bicyclic) bond motifs is 1. The van der Waals surface area contributed by atoms with Crippen molar-refractivity contribution in [2.45, 2.75) is 0 Å². The van der Waals surface area contributed by atoms with E-state index < -0.39 is 0 Å². The highest BCUT2D eigenvalue weighted by atomic mass is 35.5. The molecule has 0 fully saturated rings. The summed E-state index contributed by atoms with van der Waals surface area (Å²) in [5.74, 6) is 0. The van der Waals surface area contributed by atoms with Crippen LogP contribution in [0.1, 0.15) is 0 Å². The van der Waals surface area contributed by atoms with Gasteiger partial charge in [0, 0.05) is 11.6 Å². The molecule has 52 valence electrons. The molecule has 0 unspecified atom stereocenters. The zero-order valence-electron chi connectivity index (χ0n) is 6.19. The second-order valence-corrected chi connectivity index (χ2v) is 1.90. The minimum Gasteiger partial charge on any atom is -0.285 e. The Labute approximate surface area is 66.1 Å². The van der Waals surface area contributed by atoms with Crippen LogP contribution in [-0.4, -0.2) is 10.2 Å². The Balaban J connectivity index is 0.000000605. The van der Waals surface area contributed by atoms with E-state index in [9.17, 15) is 0 Å². The Morgan fingerprint density at radius 2 is 2.20 bits per heavy atom. The van der Waals surface area contributed by atoms with Crippen LogP contribution in [0.4, 0.5) is 0 Å². The van der Waals surface area contributed by atoms with Crippen LogP contribution < -0.4 is 0 Å². The fourth-order valence-corrected chi connectivity index (χ4v) is 0.841. The lowest BCUT2D eigenvalue weighted by atomic mass is 10.3. The van der Waals surface area contributed by atoms with Gasteiger partial charge in [0.15, 0.2) is 1.41 Å². The first-order valence-electron chi connectivity index (χ1n) is 3.25. The van der Waals surface area contributed by atoms with E-state index in [2.05, 4.69) is 5.10 Å². The van der Waals surface area contributed by atoms with Crippen LogP contribution in [0.3, 0.4) is 0 Å². The fourth-order valence-electron chi connectivity index (χ4n) is 0.841. The van der Waals surface area contributed by atoms with Crippen molar-refractivity contribution in [2.24, 2.45) is 0 Å². The first-order valence-corrected chi connectivity index (χ1v) is 2.80. The molecule has 0 radical (unpaired) electrons. The smallest absolute Gasteiger partial charge is 0.189 e. The van der Waals surface area contributed by atoms with E-state index in [4.69, 9.17) is 1.41 Å². The molecule has 0 atom stereocenters. The monoisotopic (exact) mass is 155 g/mol. The van der Waals surface area contributed by atoms with Gasteiger partial charge in [0.1, 0.15) is 0 Å². The van der Waals surface area contributed by atoms with Crippen molar-refractivity contribution in [2.75, 3.05) is 0 Å². The summed E-state index contributed by atoms with van der Waals surface area (Å²) < 4.78 is 7.13. The number of aromatic nitrogens is 2. The van der Waals surface area contributed by atoms with Crippen molar-refractivity contribution in [1.29, 1.82) is 0 Å². The van der Waals surface area contributed by atoms with Gasteiger partial charge in [0.25, 0.3) is 0 Å². The van der Waals surface area contributed by atoms with E-state index in [1.54, 1.807) is 6.20 Å². The third kappa shape index (κ3) is 0.977. The van der Waals surface area contributed by atoms with E-state index in [0.29, 0.717) is 0 Å². The number of hydrogen-bond donors (Lipinski definition) is 1. The molecule has 2 rings (SSSR count). The fraction of sp³-hybridized carbons (Fsp3) is 0. The molecule has 0 aliphatic heterocycles. The zero-order chi connectivity index (χ0) is 6.97. The number of halogens is 1. The molecule has 0 amide bonds. The average molecular weight is 156 g/mol. The maximum absolute atomic E-state index is 7.13. The normalized spacial score (nSPS) is 10.6. The van der Waals surface area contributed by atoms with Gasteiger partial charge in [0.2, 0.25) is 0 Å². The first kappa shape index (κ1) is 5.74. The number of nitrogens with zero attached hydrogens (tertiary/aromatic N) is 1. The lowest BCUT2D eigenvalue weighted by Gasteiger charge is -1.80. The first-order chi connectivity index (χ1) is 4.86. The number of aromatic amines is 1. The van der Waals surface area contributed by atoms with Crippen LogP contribution in [-0.2, 0) is 0 Å². The third-order valence-corrected chi connectivity index (χ3v) is 1.30. The Hall–Kier alpha value is -1.02. The van der Waals surface area contributed by atoms with E-state index in [1.807, 2.05) is 24.3 Å². The largest absolute Gasteiger partial charge is 0.285 e. The van der Waals surface area contributed by atoms with E-state index in [-0.39, 0.29) is 12.4 Å². The summed E-state index contributed by atoms with van der Waals surface area (Å²) in [6.07, 6.45) is 1.68. The summed E-state index contributed by atoms with van der Waals surface area (Å²) in [6.45, 7) is 0. The minimum absolute atomic E-state index is 0. The van der Waals surface area contributed by atoms with Gasteiger partial charge < -0.3 is 0 Å². The summed E-state index contributed by atoms with van der Waals surface area (Å²) in [4.78, 5) is 0. The molecule has 0 bridgehead atoms. The molecule has 2 nitrogen and oxygen atoms in total. The summed E-state index contributed by atoms with van der Waals surface area (Å²) in [6, 6.07) is 7.67. The van der Waals surface area contributed by atoms with Crippen molar-refractivity contribution in [3.8, 4) is 0 Å². The number of para-hydroxylation sites is 1. The Morgan fingerprint density at radius 1 is 1.40 bits per heavy atom. The molecule has 1 N–H and O–H groups in total.